The molecule has 0 saturated carbocycles. The van der Waals surface area contributed by atoms with Crippen molar-refractivity contribution in [3.8, 4) is 0 Å². The van der Waals surface area contributed by atoms with Crippen LogP contribution < -0.4 is 0 Å². The van der Waals surface area contributed by atoms with Gasteiger partial charge in [-0.05, 0) is 12.1 Å². The van der Waals surface area contributed by atoms with Gasteiger partial charge in [0.2, 0.25) is 0 Å². The Morgan fingerprint density at radius 1 is 1.08 bits per heavy atom. The summed E-state index contributed by atoms with van der Waals surface area (Å²) in [5, 5.41) is -0.768. The summed E-state index contributed by atoms with van der Waals surface area (Å²) in [5.41, 5.74) is 0. The van der Waals surface area contributed by atoms with Gasteiger partial charge in [-0.25, -0.2) is 0 Å². The molecule has 7 heteroatoms. The molecule has 0 amide bonds. The molecule has 0 aliphatic rings. The minimum Gasteiger partial charge on any atom is -0.189 e. The number of halogens is 4. The molecule has 0 N–H and O–H groups in total. The van der Waals surface area contributed by atoms with Crippen LogP contribution in [0.25, 0.3) is 0 Å². The molecule has 2 nitrogen and oxygen atoms in total. The Kier molecular flexibility index (Phi) is 3.07. The van der Waals surface area contributed by atoms with Crippen molar-refractivity contribution < 1.29 is 12.3 Å². The van der Waals surface area contributed by atoms with Gasteiger partial charge in [0.25, 0.3) is 0 Å². The zero-order chi connectivity index (χ0) is 10.2. The average Bonchev–Trinajstić information content (AvgIpc) is 1.95. The molecule has 0 aromatic heterocycles. The van der Waals surface area contributed by atoms with Gasteiger partial charge in [-0.1, -0.05) is 34.8 Å². The quantitative estimate of drug-likeness (QED) is 0.575. The summed E-state index contributed by atoms with van der Waals surface area (Å²) >= 11 is 16.3. The van der Waals surface area contributed by atoms with Crippen molar-refractivity contribution >= 4 is 45.0 Å². The first-order chi connectivity index (χ1) is 5.84. The van der Waals surface area contributed by atoms with Gasteiger partial charge in [0.15, 0.2) is 0 Å². The first-order valence-corrected chi connectivity index (χ1v) is 5.44. The fraction of sp³-hybridized carbons (Fsp3) is 0. The van der Waals surface area contributed by atoms with Crippen LogP contribution in [0, 0.1) is 0 Å². The molecule has 0 atom stereocenters. The van der Waals surface area contributed by atoms with Gasteiger partial charge in [-0.2, -0.15) is 8.42 Å². The maximum atomic E-state index is 12.6. The van der Waals surface area contributed by atoms with Crippen molar-refractivity contribution in [3.05, 3.63) is 27.2 Å². The van der Waals surface area contributed by atoms with Gasteiger partial charge in [0, 0.05) is 0 Å². The third kappa shape index (κ3) is 2.26. The second-order valence-corrected chi connectivity index (χ2v) is 4.59. The van der Waals surface area contributed by atoms with E-state index >= 15 is 0 Å². The largest absolute Gasteiger partial charge is 0.335 e. The third-order valence-electron chi connectivity index (χ3n) is 1.25. The third-order valence-corrected chi connectivity index (χ3v) is 3.50. The number of rotatable bonds is 1. The lowest BCUT2D eigenvalue weighted by molar-refractivity contribution is 0.552. The van der Waals surface area contributed by atoms with Crippen molar-refractivity contribution in [3.63, 3.8) is 0 Å². The van der Waals surface area contributed by atoms with Gasteiger partial charge in [0.1, 0.15) is 4.90 Å². The molecule has 1 aromatic rings. The van der Waals surface area contributed by atoms with E-state index in [9.17, 15) is 12.3 Å². The normalized spacial score (nSPS) is 11.7. The summed E-state index contributed by atoms with van der Waals surface area (Å²) in [6.07, 6.45) is 0. The minimum atomic E-state index is -4.93. The van der Waals surface area contributed by atoms with Crippen LogP contribution in [0.1, 0.15) is 0 Å². The van der Waals surface area contributed by atoms with Crippen LogP contribution in [-0.4, -0.2) is 8.42 Å². The van der Waals surface area contributed by atoms with Crippen molar-refractivity contribution in [1.29, 1.82) is 0 Å². The summed E-state index contributed by atoms with van der Waals surface area (Å²) in [6, 6.07) is 2.43. The molecule has 13 heavy (non-hydrogen) atoms. The van der Waals surface area contributed by atoms with Crippen LogP contribution in [-0.2, 0) is 10.2 Å². The Morgan fingerprint density at radius 2 is 1.54 bits per heavy atom. The highest BCUT2D eigenvalue weighted by Gasteiger charge is 2.22. The molecule has 1 rings (SSSR count). The maximum absolute atomic E-state index is 12.6. The highest BCUT2D eigenvalue weighted by molar-refractivity contribution is 7.86. The first kappa shape index (κ1) is 11.0. The van der Waals surface area contributed by atoms with Gasteiger partial charge < -0.3 is 0 Å². The Labute approximate surface area is 89.4 Å². The van der Waals surface area contributed by atoms with Gasteiger partial charge in [-0.15, -0.1) is 3.89 Å². The molecule has 0 bridgehead atoms. The zero-order valence-electron chi connectivity index (χ0n) is 5.89. The van der Waals surface area contributed by atoms with E-state index in [1.807, 2.05) is 0 Å². The molecule has 0 aliphatic heterocycles. The van der Waals surface area contributed by atoms with E-state index < -0.39 is 20.1 Å². The van der Waals surface area contributed by atoms with Crippen LogP contribution in [0.15, 0.2) is 17.0 Å². The number of hydrogen-bond acceptors (Lipinski definition) is 2. The van der Waals surface area contributed by atoms with Crippen LogP contribution in [0.5, 0.6) is 0 Å². The summed E-state index contributed by atoms with van der Waals surface area (Å²) < 4.78 is 33.6. The molecule has 0 heterocycles. The lowest BCUT2D eigenvalue weighted by Gasteiger charge is -2.02. The Balaban J connectivity index is 3.62. The zero-order valence-corrected chi connectivity index (χ0v) is 8.98. The Hall–Kier alpha value is -0.0300. The van der Waals surface area contributed by atoms with Gasteiger partial charge >= 0.3 is 10.2 Å². The molecule has 0 aliphatic carbocycles. The van der Waals surface area contributed by atoms with E-state index in [1.54, 1.807) is 0 Å². The van der Waals surface area contributed by atoms with Crippen LogP contribution >= 0.6 is 34.8 Å². The number of hydrogen-bond donors (Lipinski definition) is 0. The van der Waals surface area contributed by atoms with E-state index in [1.165, 1.54) is 6.07 Å². The van der Waals surface area contributed by atoms with E-state index in [4.69, 9.17) is 34.8 Å². The first-order valence-electron chi connectivity index (χ1n) is 2.92. The lowest BCUT2D eigenvalue weighted by atomic mass is 10.4. The lowest BCUT2D eigenvalue weighted by Crippen LogP contribution is -1.94. The molecular weight excluding hydrogens is 261 g/mol. The monoisotopic (exact) mass is 262 g/mol. The molecule has 0 spiro atoms. The van der Waals surface area contributed by atoms with Crippen LogP contribution in [0.4, 0.5) is 3.89 Å². The van der Waals surface area contributed by atoms with Gasteiger partial charge in [0.05, 0.1) is 15.1 Å². The SMILES string of the molecule is O=S(=O)(F)c1c(Cl)ccc(Cl)c1Cl. The summed E-state index contributed by atoms with van der Waals surface area (Å²) in [5.74, 6) is 0. The summed E-state index contributed by atoms with van der Waals surface area (Å²) in [6.45, 7) is 0. The van der Waals surface area contributed by atoms with E-state index in [0.29, 0.717) is 0 Å². The van der Waals surface area contributed by atoms with Crippen molar-refractivity contribution in [2.75, 3.05) is 0 Å². The van der Waals surface area contributed by atoms with E-state index in [0.717, 1.165) is 6.07 Å². The molecule has 0 saturated heterocycles. The molecule has 0 fully saturated rings. The van der Waals surface area contributed by atoms with E-state index in [-0.39, 0.29) is 10.0 Å². The Bertz CT molecular complexity index is 443. The fourth-order valence-electron chi connectivity index (χ4n) is 0.732. The maximum Gasteiger partial charge on any atom is 0.335 e. The van der Waals surface area contributed by atoms with Crippen LogP contribution in [0.3, 0.4) is 0 Å². The predicted octanol–water partition coefficient (Wildman–Crippen LogP) is 3.31. The minimum absolute atomic E-state index is 0.0673. The van der Waals surface area contributed by atoms with Gasteiger partial charge in [-0.3, -0.25) is 0 Å². The van der Waals surface area contributed by atoms with Crippen molar-refractivity contribution in [2.24, 2.45) is 0 Å². The molecule has 1 aromatic carbocycles. The van der Waals surface area contributed by atoms with Crippen molar-refractivity contribution in [1.82, 2.24) is 0 Å². The van der Waals surface area contributed by atoms with E-state index in [2.05, 4.69) is 0 Å². The second kappa shape index (κ2) is 3.61. The molecular formula is C6H2Cl3FO2S. The highest BCUT2D eigenvalue weighted by atomic mass is 35.5. The van der Waals surface area contributed by atoms with Crippen LogP contribution in [0.2, 0.25) is 15.1 Å². The molecule has 72 valence electrons. The predicted molar refractivity (Wildman–Crippen MR) is 49.8 cm³/mol. The van der Waals surface area contributed by atoms with Crippen molar-refractivity contribution in [2.45, 2.75) is 4.90 Å². The number of benzene rings is 1. The summed E-state index contributed by atoms with van der Waals surface area (Å²) in [4.78, 5) is -0.789. The Morgan fingerprint density at radius 3 is 1.92 bits per heavy atom. The topological polar surface area (TPSA) is 34.1 Å². The average molecular weight is 264 g/mol. The summed E-state index contributed by atoms with van der Waals surface area (Å²) in [7, 11) is -4.93. The molecule has 0 radical (unpaired) electrons. The highest BCUT2D eigenvalue weighted by Crippen LogP contribution is 2.35. The fourth-order valence-corrected chi connectivity index (χ4v) is 2.49. The second-order valence-electron chi connectivity index (χ2n) is 2.11. The molecule has 0 unspecified atom stereocenters. The smallest absolute Gasteiger partial charge is 0.189 e. The standard InChI is InChI=1S/C6H2Cl3FO2S/c7-3-1-2-4(8)6(5(3)9)13(10,11)12/h1-2H.